The second-order valence-electron chi connectivity index (χ2n) is 1.99. The molecule has 3 heteroatoms. The summed E-state index contributed by atoms with van der Waals surface area (Å²) in [6.07, 6.45) is -0.971. The summed E-state index contributed by atoms with van der Waals surface area (Å²) < 4.78 is 0. The molecule has 1 atom stereocenters. The van der Waals surface area contributed by atoms with Crippen molar-refractivity contribution in [2.45, 2.75) is 6.23 Å². The summed E-state index contributed by atoms with van der Waals surface area (Å²) in [7, 11) is 0. The predicted octanol–water partition coefficient (Wildman–Crippen LogP) is -0.261. The van der Waals surface area contributed by atoms with Crippen LogP contribution in [-0.2, 0) is 0 Å². The SMILES string of the molecule is [O-][NH2+]C(O)c1ccccc1. The van der Waals surface area contributed by atoms with E-state index in [0.717, 1.165) is 0 Å². The minimum atomic E-state index is -0.971. The third-order valence-corrected chi connectivity index (χ3v) is 1.27. The fraction of sp³-hybridized carbons (Fsp3) is 0.143. The first-order valence-corrected chi connectivity index (χ1v) is 3.03. The van der Waals surface area contributed by atoms with Crippen LogP contribution in [0, 0.1) is 5.21 Å². The molecule has 3 N–H and O–H groups in total. The fourth-order valence-electron chi connectivity index (χ4n) is 0.729. The zero-order valence-corrected chi connectivity index (χ0v) is 5.40. The first-order chi connectivity index (χ1) is 4.84. The van der Waals surface area contributed by atoms with E-state index in [4.69, 9.17) is 5.11 Å². The molecular weight excluding hydrogens is 130 g/mol. The summed E-state index contributed by atoms with van der Waals surface area (Å²) in [5, 5.41) is 19.0. The van der Waals surface area contributed by atoms with Gasteiger partial charge in [0.1, 0.15) is 0 Å². The van der Waals surface area contributed by atoms with E-state index in [1.54, 1.807) is 24.3 Å². The molecule has 0 aliphatic carbocycles. The molecule has 0 fully saturated rings. The molecule has 1 aromatic carbocycles. The number of benzene rings is 1. The van der Waals surface area contributed by atoms with Crippen molar-refractivity contribution in [1.29, 1.82) is 0 Å². The highest BCUT2D eigenvalue weighted by atomic mass is 16.5. The Morgan fingerprint density at radius 1 is 1.30 bits per heavy atom. The third kappa shape index (κ3) is 1.54. The highest BCUT2D eigenvalue weighted by Gasteiger charge is 2.02. The molecular formula is C7H9NO2. The monoisotopic (exact) mass is 139 g/mol. The first-order valence-electron chi connectivity index (χ1n) is 3.03. The van der Waals surface area contributed by atoms with E-state index < -0.39 is 6.23 Å². The number of rotatable bonds is 2. The Morgan fingerprint density at radius 2 is 1.90 bits per heavy atom. The molecule has 0 aliphatic heterocycles. The molecule has 0 amide bonds. The van der Waals surface area contributed by atoms with Gasteiger partial charge in [-0.05, 0) is 0 Å². The molecule has 0 bridgehead atoms. The molecule has 0 saturated carbocycles. The second-order valence-corrected chi connectivity index (χ2v) is 1.99. The predicted molar refractivity (Wildman–Crippen MR) is 36.7 cm³/mol. The molecule has 54 valence electrons. The van der Waals surface area contributed by atoms with Crippen LogP contribution in [0.25, 0.3) is 0 Å². The molecule has 10 heavy (non-hydrogen) atoms. The van der Waals surface area contributed by atoms with Gasteiger partial charge in [0.05, 0.1) is 0 Å². The van der Waals surface area contributed by atoms with Gasteiger partial charge >= 0.3 is 0 Å². The van der Waals surface area contributed by atoms with Crippen LogP contribution >= 0.6 is 0 Å². The molecule has 0 aliphatic rings. The fourth-order valence-corrected chi connectivity index (χ4v) is 0.729. The van der Waals surface area contributed by atoms with Gasteiger partial charge in [-0.3, -0.25) is 0 Å². The number of hydrogen-bond donors (Lipinski definition) is 2. The Kier molecular flexibility index (Phi) is 2.39. The highest BCUT2D eigenvalue weighted by molar-refractivity contribution is 5.14. The van der Waals surface area contributed by atoms with Gasteiger partial charge in [-0.15, -0.1) is 0 Å². The van der Waals surface area contributed by atoms with Crippen LogP contribution in [0.15, 0.2) is 30.3 Å². The average molecular weight is 139 g/mol. The molecule has 1 unspecified atom stereocenters. The summed E-state index contributed by atoms with van der Waals surface area (Å²) in [4.78, 5) is 0. The van der Waals surface area contributed by atoms with Crippen molar-refractivity contribution in [3.8, 4) is 0 Å². The van der Waals surface area contributed by atoms with E-state index in [1.165, 1.54) is 0 Å². The third-order valence-electron chi connectivity index (χ3n) is 1.27. The lowest BCUT2D eigenvalue weighted by Gasteiger charge is -2.09. The summed E-state index contributed by atoms with van der Waals surface area (Å²) in [5.41, 5.74) is 1.15. The minimum Gasteiger partial charge on any atom is -0.634 e. The number of aliphatic hydroxyl groups is 1. The second kappa shape index (κ2) is 3.31. The minimum absolute atomic E-state index is 0.509. The van der Waals surface area contributed by atoms with Gasteiger partial charge in [-0.2, -0.15) is 0 Å². The van der Waals surface area contributed by atoms with Gasteiger partial charge < -0.3 is 15.8 Å². The number of quaternary nitrogens is 1. The van der Waals surface area contributed by atoms with Crippen LogP contribution in [0.1, 0.15) is 11.8 Å². The molecule has 0 saturated heterocycles. The van der Waals surface area contributed by atoms with Gasteiger partial charge in [0.25, 0.3) is 0 Å². The Morgan fingerprint density at radius 3 is 2.40 bits per heavy atom. The molecule has 0 spiro atoms. The van der Waals surface area contributed by atoms with Crippen molar-refractivity contribution < 1.29 is 10.6 Å². The Labute approximate surface area is 58.9 Å². The molecule has 0 aromatic heterocycles. The van der Waals surface area contributed by atoms with Crippen LogP contribution in [0.2, 0.25) is 0 Å². The average Bonchev–Trinajstić information content (AvgIpc) is 2.05. The van der Waals surface area contributed by atoms with Gasteiger partial charge in [-0.25, -0.2) is 0 Å². The van der Waals surface area contributed by atoms with Crippen LogP contribution < -0.4 is 5.48 Å². The maximum absolute atomic E-state index is 10.1. The van der Waals surface area contributed by atoms with E-state index in [-0.39, 0.29) is 0 Å². The number of hydrogen-bond acceptors (Lipinski definition) is 2. The maximum atomic E-state index is 10.1. The molecule has 0 radical (unpaired) electrons. The molecule has 1 rings (SSSR count). The molecule has 1 aromatic rings. The quantitative estimate of drug-likeness (QED) is 0.438. The number of nitrogens with two attached hydrogens (primary N) is 1. The first kappa shape index (κ1) is 7.21. The Bertz CT molecular complexity index is 188. The summed E-state index contributed by atoms with van der Waals surface area (Å²) in [6, 6.07) is 8.81. The van der Waals surface area contributed by atoms with E-state index in [9.17, 15) is 5.21 Å². The van der Waals surface area contributed by atoms with Crippen LogP contribution in [-0.4, -0.2) is 5.11 Å². The maximum Gasteiger partial charge on any atom is 0.214 e. The summed E-state index contributed by atoms with van der Waals surface area (Å²) >= 11 is 0. The van der Waals surface area contributed by atoms with Gasteiger partial charge in [0, 0.05) is 5.56 Å². The number of aliphatic hydroxyl groups excluding tert-OH is 1. The van der Waals surface area contributed by atoms with E-state index in [2.05, 4.69) is 0 Å². The van der Waals surface area contributed by atoms with E-state index >= 15 is 0 Å². The Hall–Kier alpha value is -0.900. The van der Waals surface area contributed by atoms with Crippen molar-refractivity contribution in [3.63, 3.8) is 0 Å². The van der Waals surface area contributed by atoms with Gasteiger partial charge in [-0.1, -0.05) is 30.3 Å². The van der Waals surface area contributed by atoms with Crippen molar-refractivity contribution in [2.24, 2.45) is 0 Å². The van der Waals surface area contributed by atoms with Crippen molar-refractivity contribution in [1.82, 2.24) is 0 Å². The van der Waals surface area contributed by atoms with Crippen LogP contribution in [0.5, 0.6) is 0 Å². The zero-order valence-electron chi connectivity index (χ0n) is 5.40. The topological polar surface area (TPSA) is 59.9 Å². The van der Waals surface area contributed by atoms with Gasteiger partial charge in [0.2, 0.25) is 6.23 Å². The van der Waals surface area contributed by atoms with Gasteiger partial charge in [0.15, 0.2) is 0 Å². The normalized spacial score (nSPS) is 13.0. The molecule has 3 nitrogen and oxygen atoms in total. The van der Waals surface area contributed by atoms with E-state index in [0.29, 0.717) is 11.0 Å². The summed E-state index contributed by atoms with van der Waals surface area (Å²) in [5.74, 6) is 0. The van der Waals surface area contributed by atoms with Crippen molar-refractivity contribution >= 4 is 0 Å². The summed E-state index contributed by atoms with van der Waals surface area (Å²) in [6.45, 7) is 0. The zero-order chi connectivity index (χ0) is 7.40. The molecule has 0 heterocycles. The largest absolute Gasteiger partial charge is 0.634 e. The lowest BCUT2D eigenvalue weighted by Crippen LogP contribution is -2.78. The van der Waals surface area contributed by atoms with Crippen molar-refractivity contribution in [2.75, 3.05) is 0 Å². The van der Waals surface area contributed by atoms with E-state index in [1.807, 2.05) is 6.07 Å². The van der Waals surface area contributed by atoms with Crippen LogP contribution in [0.4, 0.5) is 0 Å². The number of hydroxylamine groups is 1. The lowest BCUT2D eigenvalue weighted by molar-refractivity contribution is -0.676. The van der Waals surface area contributed by atoms with Crippen molar-refractivity contribution in [3.05, 3.63) is 41.1 Å². The Balaban J connectivity index is 2.75. The standard InChI is InChI=1S/C7H9NO2/c9-7(8-10)6-4-2-1-3-5-6/h1-5,7,9H,8H2. The highest BCUT2D eigenvalue weighted by Crippen LogP contribution is 2.03. The smallest absolute Gasteiger partial charge is 0.214 e. The van der Waals surface area contributed by atoms with Crippen LogP contribution in [0.3, 0.4) is 0 Å². The lowest BCUT2D eigenvalue weighted by atomic mass is 10.2.